The molecule has 0 aliphatic carbocycles. The smallest absolute Gasteiger partial charge is 0.0273 e. The van der Waals surface area contributed by atoms with Crippen molar-refractivity contribution in [3.05, 3.63) is 0 Å². The molecule has 0 aromatic carbocycles. The van der Waals surface area contributed by atoms with Gasteiger partial charge >= 0.3 is 0 Å². The lowest BCUT2D eigenvalue weighted by Crippen LogP contribution is -1.93. The van der Waals surface area contributed by atoms with Gasteiger partial charge in [0.1, 0.15) is 0 Å². The zero-order valence-electron chi connectivity index (χ0n) is 3.86. The van der Waals surface area contributed by atoms with Crippen molar-refractivity contribution in [2.75, 3.05) is 5.75 Å². The Bertz CT molecular complexity index is 41.9. The molecular formula is C3H6Cl2S2. The number of rotatable bonds is 3. The Morgan fingerprint density at radius 3 is 2.29 bits per heavy atom. The maximum atomic E-state index is 5.38. The van der Waals surface area contributed by atoms with E-state index in [-0.39, 0.29) is 0 Å². The van der Waals surface area contributed by atoms with E-state index >= 15 is 0 Å². The third-order valence-electron chi connectivity index (χ3n) is 0.450. The molecule has 0 amide bonds. The number of hydrogen-bond donors (Lipinski definition) is 0. The zero-order valence-corrected chi connectivity index (χ0v) is 7.00. The van der Waals surface area contributed by atoms with Gasteiger partial charge in [0, 0.05) is 11.0 Å². The molecule has 0 saturated heterocycles. The normalized spacial score (nSPS) is 14.1. The lowest BCUT2D eigenvalue weighted by molar-refractivity contribution is 1.14. The molecule has 0 radical (unpaired) electrons. The molecule has 1 atom stereocenters. The van der Waals surface area contributed by atoms with Crippen LogP contribution in [0.3, 0.4) is 0 Å². The molecule has 0 spiro atoms. The van der Waals surface area contributed by atoms with Crippen LogP contribution in [0.5, 0.6) is 0 Å². The maximum absolute atomic E-state index is 5.38. The summed E-state index contributed by atoms with van der Waals surface area (Å²) < 4.78 is 0. The second kappa shape index (κ2) is 5.42. The van der Waals surface area contributed by atoms with E-state index in [1.54, 1.807) is 0 Å². The Morgan fingerprint density at radius 1 is 1.57 bits per heavy atom. The second-order valence-electron chi connectivity index (χ2n) is 1.18. The summed E-state index contributed by atoms with van der Waals surface area (Å²) in [5.74, 6) is 0.912. The van der Waals surface area contributed by atoms with Gasteiger partial charge in [-0.05, 0) is 21.4 Å². The predicted octanol–water partition coefficient (Wildman–Crippen LogP) is 3.15. The summed E-state index contributed by atoms with van der Waals surface area (Å²) in [4.78, 5) is 0. The Hall–Kier alpha value is 1.28. The molecule has 0 bridgehead atoms. The Balaban J connectivity index is 2.83. The van der Waals surface area contributed by atoms with Crippen LogP contribution in [0.4, 0.5) is 0 Å². The van der Waals surface area contributed by atoms with Crippen molar-refractivity contribution in [2.45, 2.75) is 12.2 Å². The zero-order chi connectivity index (χ0) is 5.70. The van der Waals surface area contributed by atoms with E-state index in [2.05, 4.69) is 0 Å². The molecule has 1 unspecified atom stereocenters. The maximum Gasteiger partial charge on any atom is 0.0273 e. The van der Waals surface area contributed by atoms with Gasteiger partial charge in [-0.1, -0.05) is 28.9 Å². The Kier molecular flexibility index (Phi) is 6.41. The van der Waals surface area contributed by atoms with Gasteiger partial charge in [0.15, 0.2) is 0 Å². The van der Waals surface area contributed by atoms with E-state index in [1.165, 1.54) is 22.0 Å². The molecule has 0 aliphatic rings. The summed E-state index contributed by atoms with van der Waals surface area (Å²) in [6.45, 7) is 2.03. The fraction of sp³-hybridized carbons (Fsp3) is 1.00. The van der Waals surface area contributed by atoms with Gasteiger partial charge < -0.3 is 0 Å². The van der Waals surface area contributed by atoms with Crippen molar-refractivity contribution in [1.29, 1.82) is 0 Å². The van der Waals surface area contributed by atoms with Crippen molar-refractivity contribution in [1.82, 2.24) is 0 Å². The molecule has 0 aliphatic heterocycles. The van der Waals surface area contributed by atoms with E-state index in [1.807, 2.05) is 6.92 Å². The highest BCUT2D eigenvalue weighted by molar-refractivity contribution is 8.24. The highest BCUT2D eigenvalue weighted by atomic mass is 35.7. The van der Waals surface area contributed by atoms with Gasteiger partial charge in [-0.15, -0.1) is 0 Å². The number of halogens is 2. The van der Waals surface area contributed by atoms with Crippen LogP contribution in [0.25, 0.3) is 0 Å². The van der Waals surface area contributed by atoms with E-state index in [9.17, 15) is 0 Å². The van der Waals surface area contributed by atoms with Crippen LogP contribution in [-0.4, -0.2) is 11.0 Å². The lowest BCUT2D eigenvalue weighted by Gasteiger charge is -1.98. The van der Waals surface area contributed by atoms with Crippen molar-refractivity contribution in [3.63, 3.8) is 0 Å². The number of hydrogen-bond acceptors (Lipinski definition) is 2. The van der Waals surface area contributed by atoms with Crippen LogP contribution in [0.2, 0.25) is 0 Å². The molecule has 0 rings (SSSR count). The van der Waals surface area contributed by atoms with Crippen molar-refractivity contribution in [2.24, 2.45) is 0 Å². The Morgan fingerprint density at radius 2 is 2.14 bits per heavy atom. The fourth-order valence-electron chi connectivity index (χ4n) is 0.114. The van der Waals surface area contributed by atoms with Crippen LogP contribution in [0, 0.1) is 0 Å². The second-order valence-corrected chi connectivity index (χ2v) is 3.90. The summed E-state index contributed by atoms with van der Waals surface area (Å²) in [5.41, 5.74) is 0. The van der Waals surface area contributed by atoms with Crippen LogP contribution < -0.4 is 0 Å². The molecule has 0 aromatic heterocycles. The fourth-order valence-corrected chi connectivity index (χ4v) is 1.96. The van der Waals surface area contributed by atoms with Crippen molar-refractivity contribution in [3.8, 4) is 0 Å². The SMILES string of the molecule is CC(CSCl)SCl. The van der Waals surface area contributed by atoms with Gasteiger partial charge in [-0.2, -0.15) is 0 Å². The molecule has 0 fully saturated rings. The van der Waals surface area contributed by atoms with Crippen LogP contribution in [-0.2, 0) is 0 Å². The predicted molar refractivity (Wildman–Crippen MR) is 41.2 cm³/mol. The quantitative estimate of drug-likeness (QED) is 0.649. The van der Waals surface area contributed by atoms with E-state index < -0.39 is 0 Å². The third kappa shape index (κ3) is 5.15. The summed E-state index contributed by atoms with van der Waals surface area (Å²) in [5, 5.41) is 0.462. The molecule has 4 heteroatoms. The standard InChI is InChI=1S/C3H6Cl2S2/c1-3(7-5)2-6-4/h3H,2H2,1H3. The molecule has 0 nitrogen and oxygen atoms in total. The molecule has 0 saturated carbocycles. The van der Waals surface area contributed by atoms with E-state index in [0.717, 1.165) is 5.75 Å². The molecule has 7 heavy (non-hydrogen) atoms. The largest absolute Gasteiger partial charge is 0.0546 e. The topological polar surface area (TPSA) is 0 Å². The molecule has 0 N–H and O–H groups in total. The minimum absolute atomic E-state index is 0.462. The van der Waals surface area contributed by atoms with Crippen LogP contribution in [0.15, 0.2) is 0 Å². The van der Waals surface area contributed by atoms with Gasteiger partial charge in [-0.3, -0.25) is 0 Å². The summed E-state index contributed by atoms with van der Waals surface area (Å²) in [6.07, 6.45) is 0. The molecule has 0 heterocycles. The van der Waals surface area contributed by atoms with Gasteiger partial charge in [-0.25, -0.2) is 0 Å². The van der Waals surface area contributed by atoms with E-state index in [4.69, 9.17) is 21.4 Å². The first-order chi connectivity index (χ1) is 3.31. The highest BCUT2D eigenvalue weighted by Crippen LogP contribution is 2.20. The van der Waals surface area contributed by atoms with E-state index in [0.29, 0.717) is 5.25 Å². The van der Waals surface area contributed by atoms with Crippen molar-refractivity contribution < 1.29 is 0 Å². The first-order valence-corrected chi connectivity index (χ1v) is 5.34. The van der Waals surface area contributed by atoms with Gasteiger partial charge in [0.05, 0.1) is 0 Å². The monoisotopic (exact) mass is 176 g/mol. The molecule has 44 valence electrons. The average molecular weight is 177 g/mol. The molecular weight excluding hydrogens is 171 g/mol. The first-order valence-electron chi connectivity index (χ1n) is 1.82. The van der Waals surface area contributed by atoms with Crippen LogP contribution in [0.1, 0.15) is 6.92 Å². The van der Waals surface area contributed by atoms with Crippen LogP contribution >= 0.6 is 43.3 Å². The Labute approximate surface area is 61.3 Å². The first kappa shape index (κ1) is 8.28. The van der Waals surface area contributed by atoms with Crippen molar-refractivity contribution >= 4 is 43.3 Å². The summed E-state index contributed by atoms with van der Waals surface area (Å²) >= 11 is 0. The minimum atomic E-state index is 0.462. The minimum Gasteiger partial charge on any atom is -0.0546 e. The third-order valence-corrected chi connectivity index (χ3v) is 3.05. The average Bonchev–Trinajstić information content (AvgIpc) is 1.68. The summed E-state index contributed by atoms with van der Waals surface area (Å²) in [7, 11) is 13.3. The van der Waals surface area contributed by atoms with Gasteiger partial charge in [0.25, 0.3) is 0 Å². The lowest BCUT2D eigenvalue weighted by atomic mass is 10.6. The van der Waals surface area contributed by atoms with Gasteiger partial charge in [0.2, 0.25) is 0 Å². The summed E-state index contributed by atoms with van der Waals surface area (Å²) in [6, 6.07) is 0. The molecule has 0 aromatic rings. The highest BCUT2D eigenvalue weighted by Gasteiger charge is 1.97.